The molecule has 0 aromatic heterocycles. The molecule has 0 saturated heterocycles. The Morgan fingerprint density at radius 1 is 1.09 bits per heavy atom. The molecule has 0 aromatic rings. The summed E-state index contributed by atoms with van der Waals surface area (Å²) >= 11 is 0. The van der Waals surface area contributed by atoms with Crippen molar-refractivity contribution in [3.63, 3.8) is 0 Å². The van der Waals surface area contributed by atoms with E-state index in [0.717, 1.165) is 0 Å². The molecule has 5 nitrogen and oxygen atoms in total. The minimum atomic E-state index is -4.67. The monoisotopic (exact) mass is 216 g/mol. The summed E-state index contributed by atoms with van der Waals surface area (Å²) in [5.41, 5.74) is 0. The smallest absolute Gasteiger partial charge is 0.300 e. The third kappa shape index (κ3) is 2150. The predicted octanol–water partition coefficient (Wildman–Crippen LogP) is -2.43. The van der Waals surface area contributed by atoms with Gasteiger partial charge in [-0.15, -0.1) is 0 Å². The molecule has 68 valence electrons. The van der Waals surface area contributed by atoms with Crippen LogP contribution in [-0.4, -0.2) is 58.0 Å². The highest BCUT2D eigenvalue weighted by Crippen LogP contribution is 1.59. The van der Waals surface area contributed by atoms with E-state index >= 15 is 0 Å². The average molecular weight is 216 g/mol. The van der Waals surface area contributed by atoms with Crippen LogP contribution in [0, 0.1) is 0 Å². The Labute approximate surface area is 87.0 Å². The molecule has 0 aliphatic carbocycles. The third-order valence-electron chi connectivity index (χ3n) is 0. The molecule has 0 bridgehead atoms. The van der Waals surface area contributed by atoms with E-state index in [4.69, 9.17) is 17.5 Å². The van der Waals surface area contributed by atoms with E-state index in [0.29, 0.717) is 0 Å². The summed E-state index contributed by atoms with van der Waals surface area (Å²) in [6.45, 7) is 3.06. The highest BCUT2D eigenvalue weighted by molar-refractivity contribution is 7.79. The first-order valence-electron chi connectivity index (χ1n) is 1.90. The van der Waals surface area contributed by atoms with Crippen molar-refractivity contribution in [2.75, 3.05) is 0 Å². The fraction of sp³-hybridized carbons (Fsp3) is 0.667. The maximum Gasteiger partial charge on any atom is 0.394 e. The summed E-state index contributed by atoms with van der Waals surface area (Å²) in [6, 6.07) is 0. The molecule has 0 aliphatic heterocycles. The number of carbonyl (C=O) groups excluding carboxylic acids is 1. The van der Waals surface area contributed by atoms with E-state index in [1.807, 2.05) is 0 Å². The summed E-state index contributed by atoms with van der Waals surface area (Å²) < 4.78 is 31.6. The Morgan fingerprint density at radius 2 is 1.09 bits per heavy atom. The normalized spacial score (nSPS) is 7.64. The van der Waals surface area contributed by atoms with Gasteiger partial charge in [-0.2, -0.15) is 8.42 Å². The lowest BCUT2D eigenvalue weighted by molar-refractivity contribution is -0.114. The van der Waals surface area contributed by atoms with Gasteiger partial charge in [0, 0.05) is 0 Å². The molecule has 0 aromatic carbocycles. The van der Waals surface area contributed by atoms with Crippen molar-refractivity contribution in [1.82, 2.24) is 0 Å². The van der Waals surface area contributed by atoms with E-state index in [-0.39, 0.29) is 40.5 Å². The van der Waals surface area contributed by atoms with Gasteiger partial charge in [-0.3, -0.25) is 9.11 Å². The minimum absolute atomic E-state index is 0. The maximum atomic E-state index is 9.44. The van der Waals surface area contributed by atoms with Gasteiger partial charge in [0.25, 0.3) is 0 Å². The molecule has 0 atom stereocenters. The van der Waals surface area contributed by atoms with E-state index in [1.165, 1.54) is 13.8 Å². The summed E-state index contributed by atoms with van der Waals surface area (Å²) in [4.78, 5) is 9.44. The molecule has 11 heavy (non-hydrogen) atoms. The second-order valence-corrected chi connectivity index (χ2v) is 2.25. The van der Waals surface area contributed by atoms with Gasteiger partial charge < -0.3 is 4.79 Å². The fourth-order valence-electron chi connectivity index (χ4n) is 0. The molecule has 0 rings (SSSR count). The number of ketones is 1. The molecule has 0 heterocycles. The summed E-state index contributed by atoms with van der Waals surface area (Å²) in [5, 5.41) is 0. The lowest BCUT2D eigenvalue weighted by Gasteiger charge is -1.68. The zero-order valence-electron chi connectivity index (χ0n) is 5.03. The number of carbonyl (C=O) groups is 1. The molecule has 8 heteroatoms. The van der Waals surface area contributed by atoms with Crippen molar-refractivity contribution >= 4 is 50.9 Å². The van der Waals surface area contributed by atoms with Crippen LogP contribution in [0.15, 0.2) is 0 Å². The Hall–Kier alpha value is 0.605. The van der Waals surface area contributed by atoms with Crippen LogP contribution in [-0.2, 0) is 15.2 Å². The molecule has 0 spiro atoms. The van der Waals surface area contributed by atoms with E-state index < -0.39 is 10.4 Å². The average Bonchev–Trinajstić information content (AvgIpc) is 1.19. The number of rotatable bonds is 0. The molecule has 0 amide bonds. The second-order valence-electron chi connectivity index (χ2n) is 1.36. The van der Waals surface area contributed by atoms with Gasteiger partial charge in [0.1, 0.15) is 5.78 Å². The Balaban J connectivity index is -0.0000000383. The lowest BCUT2D eigenvalue weighted by atomic mass is 10.6. The largest absolute Gasteiger partial charge is 0.394 e. The third-order valence-corrected chi connectivity index (χ3v) is 0. The molecule has 0 unspecified atom stereocenters. The first-order valence-corrected chi connectivity index (χ1v) is 3.30. The van der Waals surface area contributed by atoms with Gasteiger partial charge in [0.2, 0.25) is 0 Å². The topological polar surface area (TPSA) is 91.7 Å². The first-order chi connectivity index (χ1) is 3.73. The van der Waals surface area contributed by atoms with Gasteiger partial charge in [-0.25, -0.2) is 0 Å². The quantitative estimate of drug-likeness (QED) is 0.347. The van der Waals surface area contributed by atoms with Crippen LogP contribution >= 0.6 is 0 Å². The first kappa shape index (κ1) is 22.6. The second kappa shape index (κ2) is 10.6. The Bertz CT molecular complexity index is 162. The molecule has 0 saturated carbocycles. The van der Waals surface area contributed by atoms with Crippen LogP contribution in [0.1, 0.15) is 13.8 Å². The van der Waals surface area contributed by atoms with Gasteiger partial charge in [-0.1, -0.05) is 0 Å². The van der Waals surface area contributed by atoms with Gasteiger partial charge >= 0.3 is 10.4 Å². The molecule has 0 radical (unpaired) electrons. The standard InChI is InChI=1S/C3H6O.2Al.H2O4S.6H/c1-3(2)4;;;1-5(2,3)4;;;;;;/h1-2H3;;;(H2,1,2,3,4);;;;;;. The SMILES string of the molecule is CC(C)=O.O=S(=O)(O)O.[AlH3].[AlH3]. The minimum Gasteiger partial charge on any atom is -0.300 e. The Morgan fingerprint density at radius 3 is 1.09 bits per heavy atom. The van der Waals surface area contributed by atoms with Crippen LogP contribution in [0.25, 0.3) is 0 Å². The van der Waals surface area contributed by atoms with Crippen molar-refractivity contribution < 1.29 is 22.3 Å². The highest BCUT2D eigenvalue weighted by Gasteiger charge is 1.84. The van der Waals surface area contributed by atoms with Crippen LogP contribution in [0.2, 0.25) is 0 Å². The van der Waals surface area contributed by atoms with Crippen LogP contribution in [0.4, 0.5) is 0 Å². The van der Waals surface area contributed by atoms with Gasteiger partial charge in [0.05, 0.1) is 0 Å². The van der Waals surface area contributed by atoms with Crippen molar-refractivity contribution in [3.8, 4) is 0 Å². The van der Waals surface area contributed by atoms with Gasteiger partial charge in [0.15, 0.2) is 34.7 Å². The summed E-state index contributed by atoms with van der Waals surface area (Å²) in [6.07, 6.45) is 0. The van der Waals surface area contributed by atoms with Crippen LogP contribution in [0.3, 0.4) is 0 Å². The van der Waals surface area contributed by atoms with Crippen LogP contribution < -0.4 is 0 Å². The van der Waals surface area contributed by atoms with Crippen LogP contribution in [0.5, 0.6) is 0 Å². The van der Waals surface area contributed by atoms with Gasteiger partial charge in [-0.05, 0) is 13.8 Å². The van der Waals surface area contributed by atoms with Crippen molar-refractivity contribution in [2.45, 2.75) is 13.8 Å². The number of hydrogen-bond donors (Lipinski definition) is 2. The lowest BCUT2D eigenvalue weighted by Crippen LogP contribution is -1.89. The number of hydrogen-bond acceptors (Lipinski definition) is 3. The number of Topliss-reactive ketones (excluding diaryl/α,β-unsaturated/α-hetero) is 1. The Kier molecular flexibility index (Phi) is 21.8. The van der Waals surface area contributed by atoms with E-state index in [1.54, 1.807) is 0 Å². The van der Waals surface area contributed by atoms with E-state index in [2.05, 4.69) is 0 Å². The van der Waals surface area contributed by atoms with Crippen molar-refractivity contribution in [3.05, 3.63) is 0 Å². The predicted molar refractivity (Wildman–Crippen MR) is 50.4 cm³/mol. The van der Waals surface area contributed by atoms with Crippen molar-refractivity contribution in [1.29, 1.82) is 0 Å². The van der Waals surface area contributed by atoms with E-state index in [9.17, 15) is 4.79 Å². The zero-order chi connectivity index (χ0) is 8.08. The highest BCUT2D eigenvalue weighted by atomic mass is 32.3. The maximum absolute atomic E-state index is 9.44. The molecule has 0 fully saturated rings. The molecular weight excluding hydrogens is 202 g/mol. The molecular formula is C3H14Al2O5S. The summed E-state index contributed by atoms with van der Waals surface area (Å²) in [5.74, 6) is 0.167. The summed E-state index contributed by atoms with van der Waals surface area (Å²) in [7, 11) is -4.67. The van der Waals surface area contributed by atoms with Crippen molar-refractivity contribution in [2.24, 2.45) is 0 Å². The zero-order valence-corrected chi connectivity index (χ0v) is 5.84. The fourth-order valence-corrected chi connectivity index (χ4v) is 0. The molecule has 0 aliphatic rings. The molecule has 2 N–H and O–H groups in total.